The molecule has 0 spiro atoms. The molecule has 0 atom stereocenters. The first-order chi connectivity index (χ1) is 15.1. The van der Waals surface area contributed by atoms with Gasteiger partial charge in [0.1, 0.15) is 5.69 Å². The highest BCUT2D eigenvalue weighted by Gasteiger charge is 2.28. The second-order valence-electron chi connectivity index (χ2n) is 8.24. The summed E-state index contributed by atoms with van der Waals surface area (Å²) in [6.45, 7) is 6.64. The Kier molecular flexibility index (Phi) is 4.66. The lowest BCUT2D eigenvalue weighted by Gasteiger charge is -2.14. The predicted molar refractivity (Wildman–Crippen MR) is 124 cm³/mol. The Morgan fingerprint density at radius 1 is 0.871 bits per heavy atom. The highest BCUT2D eigenvalue weighted by molar-refractivity contribution is 5.80. The summed E-state index contributed by atoms with van der Waals surface area (Å²) in [6, 6.07) is 23.7. The summed E-state index contributed by atoms with van der Waals surface area (Å²) < 4.78 is 4.69. The summed E-state index contributed by atoms with van der Waals surface area (Å²) in [6.07, 6.45) is 3.41. The third-order valence-electron chi connectivity index (χ3n) is 5.92. The number of para-hydroxylation sites is 2. The zero-order valence-corrected chi connectivity index (χ0v) is 18.3. The minimum absolute atomic E-state index is 0.335. The van der Waals surface area contributed by atoms with Crippen molar-refractivity contribution in [2.75, 3.05) is 0 Å². The SMILES string of the molecule is Cc1ccccc1-c1n(-c2ccc(-n3nccn3)cc2C(C)C)c2ccccc2[n+]1C. The average molecular weight is 409 g/mol. The van der Waals surface area contributed by atoms with Crippen LogP contribution >= 0.6 is 0 Å². The summed E-state index contributed by atoms with van der Waals surface area (Å²) in [5.74, 6) is 1.51. The Bertz CT molecular complexity index is 1380. The fraction of sp³-hybridized carbons (Fsp3) is 0.192. The molecule has 0 saturated heterocycles. The van der Waals surface area contributed by atoms with Gasteiger partial charge in [0.15, 0.2) is 11.0 Å². The fourth-order valence-electron chi connectivity index (χ4n) is 4.37. The third kappa shape index (κ3) is 3.13. The number of imidazole rings is 1. The molecule has 5 nitrogen and oxygen atoms in total. The molecule has 0 aliphatic carbocycles. The molecule has 0 amide bonds. The van der Waals surface area contributed by atoms with Crippen molar-refractivity contribution in [3.63, 3.8) is 0 Å². The molecule has 0 aliphatic heterocycles. The second kappa shape index (κ2) is 7.51. The van der Waals surface area contributed by atoms with E-state index in [9.17, 15) is 0 Å². The Morgan fingerprint density at radius 3 is 2.32 bits per heavy atom. The molecule has 3 aromatic carbocycles. The largest absolute Gasteiger partial charge is 0.295 e. The van der Waals surface area contributed by atoms with Crippen LogP contribution < -0.4 is 4.57 Å². The van der Waals surface area contributed by atoms with Gasteiger partial charge in [0, 0.05) is 5.56 Å². The first-order valence-corrected chi connectivity index (χ1v) is 10.6. The van der Waals surface area contributed by atoms with E-state index >= 15 is 0 Å². The summed E-state index contributed by atoms with van der Waals surface area (Å²) >= 11 is 0. The second-order valence-corrected chi connectivity index (χ2v) is 8.24. The number of aromatic nitrogens is 5. The number of nitrogens with zero attached hydrogens (tertiary/aromatic N) is 5. The molecule has 154 valence electrons. The maximum Gasteiger partial charge on any atom is 0.295 e. The number of aryl methyl sites for hydroxylation is 2. The first-order valence-electron chi connectivity index (χ1n) is 10.6. The first kappa shape index (κ1) is 19.2. The quantitative estimate of drug-likeness (QED) is 0.387. The van der Waals surface area contributed by atoms with Gasteiger partial charge in [-0.05, 0) is 54.8 Å². The van der Waals surface area contributed by atoms with Crippen molar-refractivity contribution in [1.82, 2.24) is 19.6 Å². The van der Waals surface area contributed by atoms with Crippen molar-refractivity contribution >= 4 is 11.0 Å². The van der Waals surface area contributed by atoms with Crippen molar-refractivity contribution < 1.29 is 4.57 Å². The monoisotopic (exact) mass is 408 g/mol. The Balaban J connectivity index is 1.86. The lowest BCUT2D eigenvalue weighted by molar-refractivity contribution is -0.633. The molecule has 0 unspecified atom stereocenters. The molecule has 0 radical (unpaired) electrons. The van der Waals surface area contributed by atoms with E-state index in [1.54, 1.807) is 17.2 Å². The van der Waals surface area contributed by atoms with Crippen LogP contribution in [0.15, 0.2) is 79.1 Å². The van der Waals surface area contributed by atoms with E-state index in [4.69, 9.17) is 0 Å². The standard InChI is InChI=1S/C26H26N5/c1-18(2)22-17-20(31-27-15-16-28-31)13-14-23(22)30-25-12-8-7-11-24(25)29(4)26(30)21-10-6-5-9-19(21)3/h5-18H,1-4H3/q+1. The van der Waals surface area contributed by atoms with Crippen LogP contribution in [0.4, 0.5) is 0 Å². The normalized spacial score (nSPS) is 11.5. The van der Waals surface area contributed by atoms with Crippen molar-refractivity contribution in [2.24, 2.45) is 7.05 Å². The molecule has 31 heavy (non-hydrogen) atoms. The summed E-state index contributed by atoms with van der Waals surface area (Å²) in [7, 11) is 2.15. The summed E-state index contributed by atoms with van der Waals surface area (Å²) in [5, 5.41) is 8.63. The topological polar surface area (TPSA) is 39.5 Å². The molecule has 2 aromatic heterocycles. The van der Waals surface area contributed by atoms with Crippen LogP contribution in [-0.2, 0) is 7.05 Å². The van der Waals surface area contributed by atoms with Gasteiger partial charge in [-0.1, -0.05) is 44.2 Å². The van der Waals surface area contributed by atoms with E-state index < -0.39 is 0 Å². The number of fused-ring (bicyclic) bond motifs is 1. The molecular weight excluding hydrogens is 382 g/mol. The maximum atomic E-state index is 4.31. The van der Waals surface area contributed by atoms with Crippen molar-refractivity contribution in [3.05, 3.63) is 90.3 Å². The average Bonchev–Trinajstić information content (AvgIpc) is 3.41. The van der Waals surface area contributed by atoms with Crippen LogP contribution in [0.1, 0.15) is 30.9 Å². The molecule has 5 heteroatoms. The molecule has 5 rings (SSSR count). The zero-order valence-electron chi connectivity index (χ0n) is 18.3. The molecular formula is C26H26N5+. The zero-order chi connectivity index (χ0) is 21.5. The van der Waals surface area contributed by atoms with Gasteiger partial charge in [0.05, 0.1) is 30.7 Å². The van der Waals surface area contributed by atoms with Crippen LogP contribution in [0.25, 0.3) is 33.8 Å². The van der Waals surface area contributed by atoms with Gasteiger partial charge in [-0.25, -0.2) is 4.57 Å². The van der Waals surface area contributed by atoms with E-state index in [0.29, 0.717) is 5.92 Å². The molecule has 5 aromatic rings. The van der Waals surface area contributed by atoms with Gasteiger partial charge in [0.25, 0.3) is 5.82 Å². The molecule has 0 saturated carbocycles. The summed E-state index contributed by atoms with van der Waals surface area (Å²) in [5.41, 5.74) is 8.28. The number of hydrogen-bond acceptors (Lipinski definition) is 2. The third-order valence-corrected chi connectivity index (χ3v) is 5.92. The molecule has 0 fully saturated rings. The highest BCUT2D eigenvalue weighted by Crippen LogP contribution is 2.33. The lowest BCUT2D eigenvalue weighted by Crippen LogP contribution is -2.30. The van der Waals surface area contributed by atoms with Gasteiger partial charge in [-0.15, -0.1) is 0 Å². The van der Waals surface area contributed by atoms with Crippen molar-refractivity contribution in [2.45, 2.75) is 26.7 Å². The molecule has 0 bridgehead atoms. The van der Waals surface area contributed by atoms with Gasteiger partial charge in [-0.3, -0.25) is 0 Å². The Morgan fingerprint density at radius 2 is 1.58 bits per heavy atom. The lowest BCUT2D eigenvalue weighted by atomic mass is 9.99. The van der Waals surface area contributed by atoms with Gasteiger partial charge >= 0.3 is 0 Å². The minimum atomic E-state index is 0.335. The van der Waals surface area contributed by atoms with Crippen LogP contribution in [0.3, 0.4) is 0 Å². The van der Waals surface area contributed by atoms with E-state index in [2.05, 4.69) is 114 Å². The highest BCUT2D eigenvalue weighted by atomic mass is 15.5. The van der Waals surface area contributed by atoms with Gasteiger partial charge < -0.3 is 0 Å². The predicted octanol–water partition coefficient (Wildman–Crippen LogP) is 5.13. The van der Waals surface area contributed by atoms with Crippen molar-refractivity contribution in [1.29, 1.82) is 0 Å². The Hall–Kier alpha value is -3.73. The van der Waals surface area contributed by atoms with E-state index in [1.165, 1.54) is 39.2 Å². The smallest absolute Gasteiger partial charge is 0.225 e. The van der Waals surface area contributed by atoms with Gasteiger partial charge in [-0.2, -0.15) is 19.6 Å². The van der Waals surface area contributed by atoms with E-state index in [-0.39, 0.29) is 0 Å². The molecule has 0 aliphatic rings. The van der Waals surface area contributed by atoms with Crippen molar-refractivity contribution in [3.8, 4) is 22.8 Å². The minimum Gasteiger partial charge on any atom is -0.225 e. The number of rotatable bonds is 4. The summed E-state index contributed by atoms with van der Waals surface area (Å²) in [4.78, 5) is 1.67. The maximum absolute atomic E-state index is 4.31. The van der Waals surface area contributed by atoms with Gasteiger partial charge in [0.2, 0.25) is 0 Å². The van der Waals surface area contributed by atoms with E-state index in [0.717, 1.165) is 5.69 Å². The van der Waals surface area contributed by atoms with Crippen LogP contribution in [0.5, 0.6) is 0 Å². The fourth-order valence-corrected chi connectivity index (χ4v) is 4.37. The van der Waals surface area contributed by atoms with Crippen LogP contribution in [-0.4, -0.2) is 19.6 Å². The number of hydrogen-bond donors (Lipinski definition) is 0. The Labute approximate surface area is 182 Å². The molecule has 0 N–H and O–H groups in total. The molecule has 2 heterocycles. The van der Waals surface area contributed by atoms with E-state index in [1.807, 2.05) is 0 Å². The number of benzene rings is 3. The van der Waals surface area contributed by atoms with Crippen LogP contribution in [0, 0.1) is 6.92 Å². The van der Waals surface area contributed by atoms with Crippen LogP contribution in [0.2, 0.25) is 0 Å².